The number of ether oxygens (including phenoxy) is 1. The number of aromatic nitrogens is 2. The molecule has 4 aromatic rings. The molecule has 1 saturated heterocycles. The maximum Gasteiger partial charge on any atom is 0.252 e. The quantitative estimate of drug-likeness (QED) is 0.0923. The summed E-state index contributed by atoms with van der Waals surface area (Å²) >= 11 is 13.8. The summed E-state index contributed by atoms with van der Waals surface area (Å²) in [6.07, 6.45) is 3.18. The second-order valence-corrected chi connectivity index (χ2v) is 12.9. The highest BCUT2D eigenvalue weighted by Crippen LogP contribution is 2.46. The summed E-state index contributed by atoms with van der Waals surface area (Å²) in [5.74, 6) is -0.0328. The van der Waals surface area contributed by atoms with E-state index < -0.39 is 23.1 Å². The van der Waals surface area contributed by atoms with Gasteiger partial charge in [0.05, 0.1) is 34.3 Å². The van der Waals surface area contributed by atoms with Crippen LogP contribution >= 0.6 is 35.1 Å². The van der Waals surface area contributed by atoms with Crippen molar-refractivity contribution in [2.45, 2.75) is 37.9 Å². The Kier molecular flexibility index (Phi) is 9.19. The molecular weight excluding hydrogens is 663 g/mol. The molecule has 1 aliphatic carbocycles. The van der Waals surface area contributed by atoms with Crippen LogP contribution in [0, 0.1) is 23.5 Å². The second kappa shape index (κ2) is 13.1. The predicted molar refractivity (Wildman–Crippen MR) is 170 cm³/mol. The monoisotopic (exact) mass is 689 g/mol. The van der Waals surface area contributed by atoms with Crippen LogP contribution in [-0.2, 0) is 12.2 Å². The van der Waals surface area contributed by atoms with Gasteiger partial charge in [-0.15, -0.1) is 4.91 Å². The largest absolute Gasteiger partial charge is 0.489 e. The zero-order valence-corrected chi connectivity index (χ0v) is 26.7. The van der Waals surface area contributed by atoms with Gasteiger partial charge in [0.25, 0.3) is 5.91 Å². The van der Waals surface area contributed by atoms with Gasteiger partial charge in [-0.1, -0.05) is 34.4 Å². The van der Waals surface area contributed by atoms with E-state index in [2.05, 4.69) is 20.0 Å². The fraction of sp³-hybridized carbons (Fsp3) is 0.323. The van der Waals surface area contributed by atoms with Crippen molar-refractivity contribution in [2.24, 2.45) is 4.58 Å². The molecule has 2 aliphatic rings. The van der Waals surface area contributed by atoms with Gasteiger partial charge in [-0.3, -0.25) is 4.79 Å². The van der Waals surface area contributed by atoms with Gasteiger partial charge in [0, 0.05) is 52.1 Å². The van der Waals surface area contributed by atoms with Gasteiger partial charge in [0.15, 0.2) is 11.6 Å². The number of hydrogen-bond acceptors (Lipinski definition) is 10. The van der Waals surface area contributed by atoms with Gasteiger partial charge >= 0.3 is 0 Å². The van der Waals surface area contributed by atoms with E-state index in [1.54, 1.807) is 30.0 Å². The molecule has 46 heavy (non-hydrogen) atoms. The third kappa shape index (κ3) is 6.55. The molecule has 0 spiro atoms. The third-order valence-corrected chi connectivity index (χ3v) is 9.00. The molecule has 2 N–H and O–H groups in total. The normalized spacial score (nSPS) is 15.4. The van der Waals surface area contributed by atoms with Crippen molar-refractivity contribution in [1.29, 1.82) is 0 Å². The van der Waals surface area contributed by atoms with E-state index >= 15 is 0 Å². The van der Waals surface area contributed by atoms with Crippen molar-refractivity contribution < 1.29 is 27.9 Å². The van der Waals surface area contributed by atoms with Crippen molar-refractivity contribution in [3.63, 3.8) is 0 Å². The number of nitroso groups, excluding NO2 is 1. The van der Waals surface area contributed by atoms with Crippen molar-refractivity contribution in [3.8, 4) is 17.0 Å². The number of rotatable bonds is 12. The fourth-order valence-corrected chi connectivity index (χ4v) is 6.44. The van der Waals surface area contributed by atoms with Gasteiger partial charge in [-0.2, -0.15) is 0 Å². The number of pyridine rings is 1. The van der Waals surface area contributed by atoms with E-state index in [1.165, 1.54) is 18.3 Å². The van der Waals surface area contributed by atoms with Crippen LogP contribution in [0.5, 0.6) is 5.75 Å². The van der Waals surface area contributed by atoms with Gasteiger partial charge in [0.1, 0.15) is 35.2 Å². The van der Waals surface area contributed by atoms with Gasteiger partial charge in [0.2, 0.25) is 0 Å². The number of anilines is 1. The van der Waals surface area contributed by atoms with E-state index in [4.69, 9.17) is 32.5 Å². The Morgan fingerprint density at radius 1 is 1.22 bits per heavy atom. The molecule has 0 unspecified atom stereocenters. The zero-order valence-electron chi connectivity index (χ0n) is 24.4. The average Bonchev–Trinajstić information content (AvgIpc) is 3.76. The van der Waals surface area contributed by atoms with Gasteiger partial charge in [-0.05, 0) is 55.7 Å². The minimum absolute atomic E-state index is 0.00880. The van der Waals surface area contributed by atoms with E-state index in [9.17, 15) is 23.6 Å². The first-order chi connectivity index (χ1) is 22.1. The van der Waals surface area contributed by atoms with Crippen LogP contribution < -0.4 is 15.0 Å². The van der Waals surface area contributed by atoms with Crippen LogP contribution in [0.4, 0.5) is 14.6 Å². The van der Waals surface area contributed by atoms with E-state index in [0.29, 0.717) is 39.6 Å². The summed E-state index contributed by atoms with van der Waals surface area (Å²) in [7, 11) is 0. The second-order valence-electron chi connectivity index (χ2n) is 11.2. The maximum absolute atomic E-state index is 14.9. The van der Waals surface area contributed by atoms with Crippen molar-refractivity contribution in [3.05, 3.63) is 97.2 Å². The molecule has 0 bridgehead atoms. The topological polar surface area (TPSA) is 130 Å². The predicted octanol–water partition coefficient (Wildman–Crippen LogP) is 6.94. The lowest BCUT2D eigenvalue weighted by Crippen LogP contribution is -2.60. The smallest absolute Gasteiger partial charge is 0.252 e. The average molecular weight is 691 g/mol. The maximum atomic E-state index is 14.9. The molecule has 1 amide bonds. The fourth-order valence-electron chi connectivity index (χ4n) is 5.49. The minimum atomic E-state index is -1.37. The third-order valence-electron chi connectivity index (χ3n) is 7.90. The van der Waals surface area contributed by atoms with E-state index in [0.717, 1.165) is 36.4 Å². The summed E-state index contributed by atoms with van der Waals surface area (Å²) in [6.45, 7) is 2.08. The summed E-state index contributed by atoms with van der Waals surface area (Å²) in [4.78, 5) is 28.0. The van der Waals surface area contributed by atoms with E-state index in [1.807, 2.05) is 0 Å². The van der Waals surface area contributed by atoms with Crippen molar-refractivity contribution in [2.75, 3.05) is 30.3 Å². The molecule has 2 fully saturated rings. The Hall–Kier alpha value is -3.78. The molecule has 3 heterocycles. The number of benzene rings is 2. The van der Waals surface area contributed by atoms with Gasteiger partial charge < -0.3 is 24.6 Å². The van der Waals surface area contributed by atoms with Crippen LogP contribution in [0.2, 0.25) is 10.0 Å². The summed E-state index contributed by atoms with van der Waals surface area (Å²) in [5.41, 5.74) is 1.51. The van der Waals surface area contributed by atoms with Crippen molar-refractivity contribution >= 4 is 46.9 Å². The minimum Gasteiger partial charge on any atom is -0.489 e. The number of carbonyl (C=O) groups excluding carboxylic acids is 1. The summed E-state index contributed by atoms with van der Waals surface area (Å²) < 4.78 is 43.2. The molecule has 10 nitrogen and oxygen atoms in total. The molecule has 6 rings (SSSR count). The van der Waals surface area contributed by atoms with Crippen molar-refractivity contribution in [1.82, 2.24) is 15.5 Å². The Labute approximate surface area is 276 Å². The Morgan fingerprint density at radius 3 is 2.67 bits per heavy atom. The summed E-state index contributed by atoms with van der Waals surface area (Å²) in [5, 5.41) is 18.6. The molecule has 15 heteroatoms. The number of hydrogen-bond donors (Lipinski definition) is 2. The number of nitrogens with one attached hydrogen (secondary N) is 1. The molecule has 1 aliphatic heterocycles. The van der Waals surface area contributed by atoms with Crippen LogP contribution in [-0.4, -0.2) is 46.5 Å². The summed E-state index contributed by atoms with van der Waals surface area (Å²) in [6, 6.07) is 8.62. The van der Waals surface area contributed by atoms with Crippen LogP contribution in [0.15, 0.2) is 51.7 Å². The lowest BCUT2D eigenvalue weighted by atomic mass is 9.86. The Balaban J connectivity index is 1.12. The van der Waals surface area contributed by atoms with Crippen LogP contribution in [0.1, 0.15) is 51.6 Å². The number of β-amino-alcohol motifs (C(OH)–C–C–N with tert-alkyl or cyclic N) is 1. The Bertz CT molecular complexity index is 1790. The Morgan fingerprint density at radius 2 is 2.00 bits per heavy atom. The number of aryl methyl sites for hydroxylation is 1. The number of aliphatic hydroxyl groups is 1. The number of amides is 1. The lowest BCUT2D eigenvalue weighted by Gasteiger charge is -2.47. The highest BCUT2D eigenvalue weighted by atomic mass is 35.5. The first kappa shape index (κ1) is 32.2. The van der Waals surface area contributed by atoms with Crippen LogP contribution in [0.3, 0.4) is 0 Å². The standard InChI is InChI=1S/C31H27Cl2F2N5O5S/c1-16-8-19(34)10-24(33)26(16)27-21(28(45-38-27)17-2-3-17)13-44-20-4-5-22(23(32)11-20)31(42)14-40(15-31)29-25(35)9-18(12-37-29)30(41)36-6-7-46-39-43/h4-5,8-12,17,42H,2-3,6-7,13-15H2,1H3,(H,36,41). The number of halogens is 4. The zero-order chi connectivity index (χ0) is 32.6. The van der Waals surface area contributed by atoms with E-state index in [-0.39, 0.29) is 53.6 Å². The lowest BCUT2D eigenvalue weighted by molar-refractivity contribution is 0.00671. The highest BCUT2D eigenvalue weighted by Gasteiger charge is 2.45. The molecular formula is C31H27Cl2F2N5O5S. The molecule has 0 atom stereocenters. The van der Waals surface area contributed by atoms with Gasteiger partial charge in [-0.25, -0.2) is 13.8 Å². The molecule has 2 aromatic carbocycles. The molecule has 1 saturated carbocycles. The number of nitrogens with zero attached hydrogens (tertiary/aromatic N) is 4. The molecule has 2 aromatic heterocycles. The highest BCUT2D eigenvalue weighted by molar-refractivity contribution is 7.97. The molecule has 0 radical (unpaired) electrons. The first-order valence-corrected chi connectivity index (χ1v) is 16.0. The SMILES string of the molecule is Cc1cc(F)cc(Cl)c1-c1noc(C2CC2)c1COc1ccc(C2(O)CN(c3ncc(C(=O)NCCSN=O)cc3F)C2)c(Cl)c1. The first-order valence-electron chi connectivity index (χ1n) is 14.3. The number of carbonyl (C=O) groups is 1. The van der Waals surface area contributed by atoms with Crippen LogP contribution in [0.25, 0.3) is 11.3 Å². The molecule has 240 valence electrons.